The minimum atomic E-state index is -0.119. The molecule has 1 aliphatic rings. The molecule has 0 bridgehead atoms. The maximum Gasteiger partial charge on any atom is 0.161 e. The van der Waals surface area contributed by atoms with Gasteiger partial charge < -0.3 is 0 Å². The molecular formula is C55H38N2. The molecule has 0 aliphatic heterocycles. The van der Waals surface area contributed by atoms with Crippen molar-refractivity contribution in [2.24, 2.45) is 0 Å². The molecule has 0 saturated heterocycles. The highest BCUT2D eigenvalue weighted by atomic mass is 14.9. The fraction of sp³-hybridized carbons (Fsp3) is 0.0545. The summed E-state index contributed by atoms with van der Waals surface area (Å²) in [5, 5.41) is 7.26. The smallest absolute Gasteiger partial charge is 0.161 e. The highest BCUT2D eigenvalue weighted by Gasteiger charge is 2.36. The normalized spacial score (nSPS) is 12.9. The van der Waals surface area contributed by atoms with Crippen molar-refractivity contribution < 1.29 is 0 Å². The second kappa shape index (κ2) is 13.0. The Bertz CT molecular complexity index is 3210. The average molecular weight is 727 g/mol. The van der Waals surface area contributed by atoms with Gasteiger partial charge in [0.1, 0.15) is 0 Å². The Kier molecular flexibility index (Phi) is 7.55. The van der Waals surface area contributed by atoms with Crippen LogP contribution >= 0.6 is 0 Å². The first-order chi connectivity index (χ1) is 28.0. The van der Waals surface area contributed by atoms with E-state index in [-0.39, 0.29) is 5.41 Å². The zero-order chi connectivity index (χ0) is 38.1. The number of rotatable bonds is 5. The monoisotopic (exact) mass is 726 g/mol. The first-order valence-electron chi connectivity index (χ1n) is 19.7. The maximum absolute atomic E-state index is 5.41. The van der Waals surface area contributed by atoms with Crippen LogP contribution in [-0.2, 0) is 5.41 Å². The molecule has 0 radical (unpaired) electrons. The summed E-state index contributed by atoms with van der Waals surface area (Å²) in [5.41, 5.74) is 15.0. The van der Waals surface area contributed by atoms with Crippen LogP contribution in [0.15, 0.2) is 194 Å². The standard InChI is InChI=1S/C55H38N2/c1-55(2)49-32-28-37-18-7-9-22-42(37)53(49)48-29-27-38(33-50(48)55)41-30-31-46(44-24-12-11-23-43(41)44)52-34-51(45-25-13-10-20-39(45)35-15-4-3-5-16-35)56-54(57-52)47-26-14-19-36-17-6-8-21-40(36)47/h3-34H,1-2H3. The van der Waals surface area contributed by atoms with Crippen LogP contribution in [0.25, 0.3) is 99.6 Å². The molecule has 0 unspecified atom stereocenters. The highest BCUT2D eigenvalue weighted by molar-refractivity contribution is 6.07. The summed E-state index contributed by atoms with van der Waals surface area (Å²) in [4.78, 5) is 10.8. The molecule has 1 heterocycles. The Morgan fingerprint density at radius 3 is 1.68 bits per heavy atom. The van der Waals surface area contributed by atoms with Crippen molar-refractivity contribution in [3.8, 4) is 67.3 Å². The maximum atomic E-state index is 5.41. The Morgan fingerprint density at radius 2 is 0.895 bits per heavy atom. The summed E-state index contributed by atoms with van der Waals surface area (Å²) in [6.07, 6.45) is 0. The van der Waals surface area contributed by atoms with Crippen molar-refractivity contribution >= 4 is 32.3 Å². The molecule has 1 aromatic heterocycles. The second-order valence-corrected chi connectivity index (χ2v) is 15.7. The topological polar surface area (TPSA) is 25.8 Å². The summed E-state index contributed by atoms with van der Waals surface area (Å²) in [7, 11) is 0. The van der Waals surface area contributed by atoms with Crippen LogP contribution in [0.3, 0.4) is 0 Å². The molecule has 0 fully saturated rings. The largest absolute Gasteiger partial charge is 0.228 e. The molecule has 0 atom stereocenters. The molecule has 2 nitrogen and oxygen atoms in total. The van der Waals surface area contributed by atoms with Crippen LogP contribution in [-0.4, -0.2) is 9.97 Å². The zero-order valence-corrected chi connectivity index (χ0v) is 31.9. The lowest BCUT2D eigenvalue weighted by Crippen LogP contribution is -2.15. The quantitative estimate of drug-likeness (QED) is 0.176. The summed E-state index contributed by atoms with van der Waals surface area (Å²) >= 11 is 0. The molecule has 2 heteroatoms. The SMILES string of the molecule is CC1(C)c2cc(-c3ccc(-c4cc(-c5ccccc5-c5ccccc5)nc(-c5cccc6ccccc56)n4)c4ccccc34)ccc2-c2c1ccc1ccccc21. The number of benzene rings is 9. The van der Waals surface area contributed by atoms with E-state index in [0.717, 1.165) is 50.0 Å². The Labute approximate surface area is 332 Å². The molecular weight excluding hydrogens is 689 g/mol. The number of nitrogens with zero attached hydrogens (tertiary/aromatic N) is 2. The van der Waals surface area contributed by atoms with Crippen molar-refractivity contribution in [3.05, 3.63) is 205 Å². The lowest BCUT2D eigenvalue weighted by Gasteiger charge is -2.22. The van der Waals surface area contributed by atoms with E-state index in [1.807, 2.05) is 0 Å². The van der Waals surface area contributed by atoms with Gasteiger partial charge in [-0.05, 0) is 89.0 Å². The molecule has 1 aliphatic carbocycles. The predicted octanol–water partition coefficient (Wildman–Crippen LogP) is 14.6. The average Bonchev–Trinajstić information content (AvgIpc) is 3.51. The van der Waals surface area contributed by atoms with Gasteiger partial charge in [-0.1, -0.05) is 196 Å². The van der Waals surface area contributed by atoms with Crippen LogP contribution in [0.1, 0.15) is 25.0 Å². The number of hydrogen-bond acceptors (Lipinski definition) is 2. The van der Waals surface area contributed by atoms with Crippen LogP contribution in [0.4, 0.5) is 0 Å². The lowest BCUT2D eigenvalue weighted by molar-refractivity contribution is 0.661. The molecule has 57 heavy (non-hydrogen) atoms. The molecule has 0 saturated carbocycles. The zero-order valence-electron chi connectivity index (χ0n) is 31.9. The molecule has 10 aromatic rings. The minimum absolute atomic E-state index is 0.119. The van der Waals surface area contributed by atoms with E-state index >= 15 is 0 Å². The first-order valence-corrected chi connectivity index (χ1v) is 19.7. The third-order valence-electron chi connectivity index (χ3n) is 12.1. The van der Waals surface area contributed by atoms with Gasteiger partial charge in [-0.25, -0.2) is 9.97 Å². The second-order valence-electron chi connectivity index (χ2n) is 15.7. The van der Waals surface area contributed by atoms with E-state index in [9.17, 15) is 0 Å². The van der Waals surface area contributed by atoms with E-state index in [1.54, 1.807) is 0 Å². The van der Waals surface area contributed by atoms with E-state index in [4.69, 9.17) is 9.97 Å². The fourth-order valence-corrected chi connectivity index (χ4v) is 9.29. The Morgan fingerprint density at radius 1 is 0.333 bits per heavy atom. The van der Waals surface area contributed by atoms with Gasteiger partial charge in [-0.2, -0.15) is 0 Å². The van der Waals surface area contributed by atoms with Gasteiger partial charge in [0.2, 0.25) is 0 Å². The number of fused-ring (bicyclic) bond motifs is 7. The van der Waals surface area contributed by atoms with Crippen LogP contribution in [0, 0.1) is 0 Å². The summed E-state index contributed by atoms with van der Waals surface area (Å²) in [6.45, 7) is 4.74. The van der Waals surface area contributed by atoms with E-state index in [0.29, 0.717) is 5.82 Å². The molecule has 11 rings (SSSR count). The third-order valence-corrected chi connectivity index (χ3v) is 12.1. The van der Waals surface area contributed by atoms with Crippen molar-refractivity contribution in [3.63, 3.8) is 0 Å². The van der Waals surface area contributed by atoms with Gasteiger partial charge in [0.25, 0.3) is 0 Å². The molecule has 0 N–H and O–H groups in total. The van der Waals surface area contributed by atoms with Crippen LogP contribution in [0.2, 0.25) is 0 Å². The van der Waals surface area contributed by atoms with E-state index in [1.165, 1.54) is 54.9 Å². The number of aromatic nitrogens is 2. The van der Waals surface area contributed by atoms with Crippen molar-refractivity contribution in [1.82, 2.24) is 9.97 Å². The predicted molar refractivity (Wildman–Crippen MR) is 239 cm³/mol. The molecule has 9 aromatic carbocycles. The van der Waals surface area contributed by atoms with Crippen LogP contribution in [0.5, 0.6) is 0 Å². The van der Waals surface area contributed by atoms with Gasteiger partial charge in [-0.15, -0.1) is 0 Å². The van der Waals surface area contributed by atoms with E-state index < -0.39 is 0 Å². The fourth-order valence-electron chi connectivity index (χ4n) is 9.29. The van der Waals surface area contributed by atoms with Gasteiger partial charge in [0.05, 0.1) is 11.4 Å². The van der Waals surface area contributed by atoms with Crippen LogP contribution < -0.4 is 0 Å². The summed E-state index contributed by atoms with van der Waals surface area (Å²) in [5.74, 6) is 0.711. The number of hydrogen-bond donors (Lipinski definition) is 0. The van der Waals surface area contributed by atoms with Gasteiger partial charge in [0, 0.05) is 22.1 Å². The summed E-state index contributed by atoms with van der Waals surface area (Å²) < 4.78 is 0. The Balaban J connectivity index is 1.10. The summed E-state index contributed by atoms with van der Waals surface area (Å²) in [6, 6.07) is 70.1. The molecule has 268 valence electrons. The molecule has 0 spiro atoms. The van der Waals surface area contributed by atoms with Crippen molar-refractivity contribution in [2.75, 3.05) is 0 Å². The van der Waals surface area contributed by atoms with Gasteiger partial charge in [-0.3, -0.25) is 0 Å². The third kappa shape index (κ3) is 5.33. The minimum Gasteiger partial charge on any atom is -0.228 e. The van der Waals surface area contributed by atoms with Gasteiger partial charge in [0.15, 0.2) is 5.82 Å². The Hall–Kier alpha value is -7.16. The van der Waals surface area contributed by atoms with Crippen molar-refractivity contribution in [1.29, 1.82) is 0 Å². The highest BCUT2D eigenvalue weighted by Crippen LogP contribution is 2.52. The molecule has 0 amide bonds. The van der Waals surface area contributed by atoms with Gasteiger partial charge >= 0.3 is 0 Å². The first kappa shape index (κ1) is 33.2. The van der Waals surface area contributed by atoms with Crippen molar-refractivity contribution in [2.45, 2.75) is 19.3 Å². The van der Waals surface area contributed by atoms with E-state index in [2.05, 4.69) is 208 Å². The lowest BCUT2D eigenvalue weighted by atomic mass is 9.81.